The third kappa shape index (κ3) is 4.39. The van der Waals surface area contributed by atoms with E-state index in [0.717, 1.165) is 29.7 Å². The maximum atomic E-state index is 13.0. The first kappa shape index (κ1) is 21.7. The molecule has 32 heavy (non-hydrogen) atoms. The number of halogens is 3. The standard InChI is InChI=1S/C24H22F3N3O2/c1-14-7-3-4-10-18(14)28-23(31)22-15(2)21-19(11-6-12-20(21)32-22)30-29-17-9-5-8-16(13-17)24(25,26)27/h3-5,7-10,13,29H,6,11-12H2,1-2H3,(H,28,31)/b30-19+. The Hall–Kier alpha value is -3.55. The number of carbonyl (C=O) groups is 1. The molecule has 0 aliphatic heterocycles. The van der Waals surface area contributed by atoms with E-state index in [0.29, 0.717) is 35.6 Å². The Morgan fingerprint density at radius 3 is 2.59 bits per heavy atom. The molecule has 0 unspecified atom stereocenters. The van der Waals surface area contributed by atoms with Crippen molar-refractivity contribution in [1.82, 2.24) is 0 Å². The number of anilines is 2. The number of hydrogen-bond donors (Lipinski definition) is 2. The van der Waals surface area contributed by atoms with Gasteiger partial charge in [-0.05, 0) is 56.5 Å². The van der Waals surface area contributed by atoms with Crippen LogP contribution in [0.1, 0.15) is 51.4 Å². The highest BCUT2D eigenvalue weighted by Crippen LogP contribution is 2.32. The number of hydrazone groups is 1. The fraction of sp³-hybridized carbons (Fsp3) is 0.250. The van der Waals surface area contributed by atoms with Gasteiger partial charge in [0.2, 0.25) is 0 Å². The van der Waals surface area contributed by atoms with Crippen LogP contribution in [0.3, 0.4) is 0 Å². The maximum absolute atomic E-state index is 13.0. The van der Waals surface area contributed by atoms with Crippen LogP contribution in [-0.2, 0) is 12.6 Å². The number of fused-ring (bicyclic) bond motifs is 1. The van der Waals surface area contributed by atoms with Gasteiger partial charge in [-0.25, -0.2) is 0 Å². The van der Waals surface area contributed by atoms with Crippen molar-refractivity contribution in [3.05, 3.63) is 82.3 Å². The lowest BCUT2D eigenvalue weighted by Crippen LogP contribution is -2.15. The number of aryl methyl sites for hydroxylation is 2. The van der Waals surface area contributed by atoms with E-state index >= 15 is 0 Å². The molecule has 0 saturated heterocycles. The zero-order valence-corrected chi connectivity index (χ0v) is 17.6. The van der Waals surface area contributed by atoms with Crippen LogP contribution < -0.4 is 10.7 Å². The van der Waals surface area contributed by atoms with Crippen molar-refractivity contribution in [1.29, 1.82) is 0 Å². The van der Waals surface area contributed by atoms with E-state index in [9.17, 15) is 18.0 Å². The SMILES string of the molecule is Cc1ccccc1NC(=O)c1oc2c(c1C)/C(=N/Nc1cccc(C(F)(F)F)c1)CCC2. The van der Waals surface area contributed by atoms with Crippen molar-refractivity contribution in [2.45, 2.75) is 39.3 Å². The third-order valence-electron chi connectivity index (χ3n) is 5.44. The normalized spacial score (nSPS) is 14.8. The largest absolute Gasteiger partial charge is 0.455 e. The van der Waals surface area contributed by atoms with Crippen LogP contribution in [0.5, 0.6) is 0 Å². The van der Waals surface area contributed by atoms with Gasteiger partial charge in [-0.3, -0.25) is 10.2 Å². The van der Waals surface area contributed by atoms with Crippen LogP contribution in [0.2, 0.25) is 0 Å². The highest BCUT2D eigenvalue weighted by molar-refractivity contribution is 6.09. The zero-order valence-electron chi connectivity index (χ0n) is 17.6. The van der Waals surface area contributed by atoms with Crippen molar-refractivity contribution >= 4 is 23.0 Å². The highest BCUT2D eigenvalue weighted by atomic mass is 19.4. The van der Waals surface area contributed by atoms with E-state index in [1.54, 1.807) is 6.92 Å². The van der Waals surface area contributed by atoms with Gasteiger partial charge in [-0.15, -0.1) is 0 Å². The summed E-state index contributed by atoms with van der Waals surface area (Å²) in [4.78, 5) is 12.9. The predicted molar refractivity (Wildman–Crippen MR) is 117 cm³/mol. The number of carbonyl (C=O) groups excluding carboxylic acids is 1. The topological polar surface area (TPSA) is 66.6 Å². The average molecular weight is 441 g/mol. The number of hydrogen-bond acceptors (Lipinski definition) is 4. The molecular weight excluding hydrogens is 419 g/mol. The summed E-state index contributed by atoms with van der Waals surface area (Å²) in [5.41, 5.74) is 5.90. The number of para-hydroxylation sites is 1. The summed E-state index contributed by atoms with van der Waals surface area (Å²) in [6, 6.07) is 12.3. The first-order valence-corrected chi connectivity index (χ1v) is 10.2. The molecule has 3 aromatic rings. The molecular formula is C24H22F3N3O2. The molecule has 0 atom stereocenters. The van der Waals surface area contributed by atoms with Gasteiger partial charge in [-0.1, -0.05) is 24.3 Å². The van der Waals surface area contributed by atoms with Crippen molar-refractivity contribution in [2.75, 3.05) is 10.7 Å². The fourth-order valence-electron chi connectivity index (χ4n) is 3.79. The molecule has 166 valence electrons. The number of amides is 1. The lowest BCUT2D eigenvalue weighted by atomic mass is 9.93. The molecule has 1 amide bonds. The van der Waals surface area contributed by atoms with Crippen LogP contribution in [-0.4, -0.2) is 11.6 Å². The number of benzene rings is 2. The molecule has 2 aromatic carbocycles. The summed E-state index contributed by atoms with van der Waals surface area (Å²) in [7, 11) is 0. The molecule has 8 heteroatoms. The number of furan rings is 1. The number of nitrogens with zero attached hydrogens (tertiary/aromatic N) is 1. The van der Waals surface area contributed by atoms with E-state index in [2.05, 4.69) is 15.8 Å². The Morgan fingerprint density at radius 2 is 1.84 bits per heavy atom. The van der Waals surface area contributed by atoms with E-state index in [-0.39, 0.29) is 17.4 Å². The minimum Gasteiger partial charge on any atom is -0.455 e. The Bertz CT molecular complexity index is 1200. The highest BCUT2D eigenvalue weighted by Gasteiger charge is 2.31. The minimum atomic E-state index is -4.43. The summed E-state index contributed by atoms with van der Waals surface area (Å²) in [5, 5.41) is 7.23. The van der Waals surface area contributed by atoms with Crippen LogP contribution in [0.4, 0.5) is 24.5 Å². The van der Waals surface area contributed by atoms with E-state index in [4.69, 9.17) is 4.42 Å². The fourth-order valence-corrected chi connectivity index (χ4v) is 3.79. The Kier molecular flexibility index (Phi) is 5.78. The second-order valence-corrected chi connectivity index (χ2v) is 7.73. The molecule has 0 radical (unpaired) electrons. The summed E-state index contributed by atoms with van der Waals surface area (Å²) in [5.74, 6) is 0.525. The molecule has 1 heterocycles. The van der Waals surface area contributed by atoms with Gasteiger partial charge in [-0.2, -0.15) is 18.3 Å². The summed E-state index contributed by atoms with van der Waals surface area (Å²) in [6.45, 7) is 3.69. The summed E-state index contributed by atoms with van der Waals surface area (Å²) in [6.07, 6.45) is -2.38. The molecule has 0 saturated carbocycles. The average Bonchev–Trinajstić information content (AvgIpc) is 3.11. The smallest absolute Gasteiger partial charge is 0.416 e. The lowest BCUT2D eigenvalue weighted by molar-refractivity contribution is -0.137. The quantitative estimate of drug-likeness (QED) is 0.466. The Labute approximate surface area is 183 Å². The minimum absolute atomic E-state index is 0.215. The Morgan fingerprint density at radius 1 is 1.06 bits per heavy atom. The molecule has 0 fully saturated rings. The zero-order chi connectivity index (χ0) is 22.9. The lowest BCUT2D eigenvalue weighted by Gasteiger charge is -2.14. The van der Waals surface area contributed by atoms with Crippen LogP contribution >= 0.6 is 0 Å². The van der Waals surface area contributed by atoms with Gasteiger partial charge in [0.15, 0.2) is 5.76 Å². The maximum Gasteiger partial charge on any atom is 0.416 e. The van der Waals surface area contributed by atoms with Gasteiger partial charge in [0.25, 0.3) is 5.91 Å². The van der Waals surface area contributed by atoms with Crippen LogP contribution in [0.25, 0.3) is 0 Å². The number of alkyl halides is 3. The monoisotopic (exact) mass is 441 g/mol. The van der Waals surface area contributed by atoms with Crippen molar-refractivity contribution in [3.63, 3.8) is 0 Å². The van der Waals surface area contributed by atoms with E-state index < -0.39 is 11.7 Å². The van der Waals surface area contributed by atoms with Gasteiger partial charge < -0.3 is 9.73 Å². The van der Waals surface area contributed by atoms with Crippen LogP contribution in [0, 0.1) is 13.8 Å². The predicted octanol–water partition coefficient (Wildman–Crippen LogP) is 6.32. The number of rotatable bonds is 4. The summed E-state index contributed by atoms with van der Waals surface area (Å²) >= 11 is 0. The van der Waals surface area contributed by atoms with E-state index in [1.165, 1.54) is 12.1 Å². The first-order valence-electron chi connectivity index (χ1n) is 10.2. The molecule has 0 bridgehead atoms. The van der Waals surface area contributed by atoms with Crippen molar-refractivity contribution < 1.29 is 22.4 Å². The first-order chi connectivity index (χ1) is 15.2. The second kappa shape index (κ2) is 8.53. The van der Waals surface area contributed by atoms with Gasteiger partial charge in [0, 0.05) is 23.2 Å². The molecule has 4 rings (SSSR count). The van der Waals surface area contributed by atoms with Gasteiger partial charge in [0.05, 0.1) is 17.0 Å². The van der Waals surface area contributed by atoms with Gasteiger partial charge >= 0.3 is 6.18 Å². The molecule has 1 aliphatic rings. The Balaban J connectivity index is 1.60. The molecule has 5 nitrogen and oxygen atoms in total. The van der Waals surface area contributed by atoms with Gasteiger partial charge in [0.1, 0.15) is 5.76 Å². The molecule has 2 N–H and O–H groups in total. The van der Waals surface area contributed by atoms with Crippen molar-refractivity contribution in [3.8, 4) is 0 Å². The third-order valence-corrected chi connectivity index (χ3v) is 5.44. The molecule has 1 aliphatic carbocycles. The molecule has 0 spiro atoms. The summed E-state index contributed by atoms with van der Waals surface area (Å²) < 4.78 is 44.8. The second-order valence-electron chi connectivity index (χ2n) is 7.73. The van der Waals surface area contributed by atoms with E-state index in [1.807, 2.05) is 31.2 Å². The van der Waals surface area contributed by atoms with Crippen molar-refractivity contribution in [2.24, 2.45) is 5.10 Å². The molecule has 1 aromatic heterocycles. The van der Waals surface area contributed by atoms with Crippen LogP contribution in [0.15, 0.2) is 58.0 Å². The number of nitrogens with one attached hydrogen (secondary N) is 2.